The fourth-order valence-corrected chi connectivity index (χ4v) is 4.16. The molecule has 0 aromatic heterocycles. The van der Waals surface area contributed by atoms with Gasteiger partial charge in [0.05, 0.1) is 56.9 Å². The Kier molecular flexibility index (Phi) is 13.5. The first-order chi connectivity index (χ1) is 20.7. The average Bonchev–Trinajstić information content (AvgIpc) is 3.23. The van der Waals surface area contributed by atoms with Gasteiger partial charge in [-0.25, -0.2) is 0 Å². The molecule has 1 atom stereocenters. The van der Waals surface area contributed by atoms with Gasteiger partial charge in [0, 0.05) is 19.5 Å². The van der Waals surface area contributed by atoms with Crippen molar-refractivity contribution in [3.05, 3.63) is 29.3 Å². The summed E-state index contributed by atoms with van der Waals surface area (Å²) in [5, 5.41) is 7.46. The quantitative estimate of drug-likeness (QED) is 0.132. The second-order valence-electron chi connectivity index (χ2n) is 9.81. The highest BCUT2D eigenvalue weighted by molar-refractivity contribution is 6.24. The van der Waals surface area contributed by atoms with Crippen LogP contribution < -0.4 is 20.7 Å². The number of benzene rings is 1. The number of fused-ring (bicyclic) bond motifs is 1. The summed E-state index contributed by atoms with van der Waals surface area (Å²) in [5.41, 5.74) is 0.0315. The number of rotatable bonds is 19. The van der Waals surface area contributed by atoms with E-state index in [1.165, 1.54) is 18.2 Å². The smallest absolute Gasteiger partial charge is 0.266 e. The molecule has 0 saturated carbocycles. The molecule has 0 radical (unpaired) electrons. The molecule has 2 aliphatic heterocycles. The van der Waals surface area contributed by atoms with Gasteiger partial charge in [0.1, 0.15) is 18.4 Å². The Hall–Kier alpha value is -3.92. The van der Waals surface area contributed by atoms with Crippen LogP contribution >= 0.6 is 0 Å². The summed E-state index contributed by atoms with van der Waals surface area (Å²) < 4.78 is 26.9. The molecule has 1 fully saturated rings. The maximum Gasteiger partial charge on any atom is 0.266 e. The molecule has 3 rings (SSSR count). The number of nitrogens with zero attached hydrogens (tertiary/aromatic N) is 1. The largest absolute Gasteiger partial charge is 0.483 e. The van der Waals surface area contributed by atoms with E-state index in [0.717, 1.165) is 4.90 Å². The minimum atomic E-state index is -1.10. The fourth-order valence-electron chi connectivity index (χ4n) is 4.16. The van der Waals surface area contributed by atoms with E-state index in [2.05, 4.69) is 16.0 Å². The first-order valence-electron chi connectivity index (χ1n) is 14.0. The first-order valence-corrected chi connectivity index (χ1v) is 14.0. The number of carbonyl (C=O) groups excluding carboxylic acids is 6. The molecule has 3 N–H and O–H groups in total. The molecule has 0 aliphatic carbocycles. The molecule has 236 valence electrons. The lowest BCUT2D eigenvalue weighted by Gasteiger charge is -2.27. The van der Waals surface area contributed by atoms with Gasteiger partial charge in [0.2, 0.25) is 17.7 Å². The molecule has 6 amide bonds. The van der Waals surface area contributed by atoms with Crippen molar-refractivity contribution < 1.29 is 52.5 Å². The van der Waals surface area contributed by atoms with E-state index in [4.69, 9.17) is 23.7 Å². The number of hydrogen-bond donors (Lipinski definition) is 3. The molecule has 15 heteroatoms. The lowest BCUT2D eigenvalue weighted by molar-refractivity contribution is -0.136. The second kappa shape index (κ2) is 17.3. The van der Waals surface area contributed by atoms with Crippen molar-refractivity contribution in [1.29, 1.82) is 0 Å². The molecule has 1 aromatic carbocycles. The van der Waals surface area contributed by atoms with Gasteiger partial charge in [-0.3, -0.25) is 39.0 Å². The molecule has 2 aliphatic rings. The lowest BCUT2D eigenvalue weighted by Crippen LogP contribution is -2.54. The maximum atomic E-state index is 13.1. The van der Waals surface area contributed by atoms with Gasteiger partial charge in [-0.05, 0) is 32.4 Å². The predicted octanol–water partition coefficient (Wildman–Crippen LogP) is -0.826. The third-order valence-corrected chi connectivity index (χ3v) is 6.22. The van der Waals surface area contributed by atoms with Crippen molar-refractivity contribution in [2.45, 2.75) is 38.8 Å². The van der Waals surface area contributed by atoms with E-state index in [9.17, 15) is 28.8 Å². The Morgan fingerprint density at radius 1 is 0.884 bits per heavy atom. The number of carbonyl (C=O) groups is 6. The van der Waals surface area contributed by atoms with Crippen molar-refractivity contribution in [3.63, 3.8) is 0 Å². The van der Waals surface area contributed by atoms with E-state index in [0.29, 0.717) is 39.6 Å². The van der Waals surface area contributed by atoms with E-state index >= 15 is 0 Å². The Morgan fingerprint density at radius 2 is 1.49 bits per heavy atom. The van der Waals surface area contributed by atoms with Crippen LogP contribution in [0.4, 0.5) is 0 Å². The highest BCUT2D eigenvalue weighted by atomic mass is 16.5. The standard InChI is InChI=1S/C28H38N4O11/c1-18(2)42-16-23(34)29-8-10-39-12-14-41-15-13-40-11-9-30-24(35)17-43-21-5-3-4-19-25(21)28(38)32(27(19)37)20-6-7-22(33)31-26(20)36/h3-5,18,20H,6-17H2,1-2H3,(H,29,34)(H,30,35)(H,31,33,36). The summed E-state index contributed by atoms with van der Waals surface area (Å²) >= 11 is 0. The van der Waals surface area contributed by atoms with E-state index in [1.807, 2.05) is 13.8 Å². The van der Waals surface area contributed by atoms with Crippen molar-refractivity contribution in [3.8, 4) is 5.75 Å². The minimum absolute atomic E-state index is 0.00374. The fraction of sp³-hybridized carbons (Fsp3) is 0.571. The molecule has 0 spiro atoms. The second-order valence-corrected chi connectivity index (χ2v) is 9.81. The molecule has 15 nitrogen and oxygen atoms in total. The Bertz CT molecular complexity index is 1170. The summed E-state index contributed by atoms with van der Waals surface area (Å²) in [4.78, 5) is 74.2. The zero-order chi connectivity index (χ0) is 31.2. The lowest BCUT2D eigenvalue weighted by atomic mass is 10.0. The highest BCUT2D eigenvalue weighted by Gasteiger charge is 2.46. The van der Waals surface area contributed by atoms with E-state index in [-0.39, 0.29) is 61.5 Å². The van der Waals surface area contributed by atoms with E-state index < -0.39 is 42.2 Å². The Morgan fingerprint density at radius 3 is 2.09 bits per heavy atom. The monoisotopic (exact) mass is 606 g/mol. The number of piperidine rings is 1. The summed E-state index contributed by atoms with van der Waals surface area (Å²) in [6.45, 7) is 5.91. The average molecular weight is 607 g/mol. The third-order valence-electron chi connectivity index (χ3n) is 6.22. The van der Waals surface area contributed by atoms with Gasteiger partial charge < -0.3 is 34.3 Å². The van der Waals surface area contributed by atoms with Crippen LogP contribution in [-0.4, -0.2) is 118 Å². The van der Waals surface area contributed by atoms with Gasteiger partial charge in [-0.15, -0.1) is 0 Å². The van der Waals surface area contributed by atoms with Gasteiger partial charge >= 0.3 is 0 Å². The SMILES string of the molecule is CC(C)OCC(=O)NCCOCCOCCOCCNC(=O)COc1cccc2c1C(=O)N(C1CCC(=O)NC1=O)C2=O. The number of imide groups is 2. The van der Waals surface area contributed by atoms with Crippen molar-refractivity contribution in [1.82, 2.24) is 20.9 Å². The van der Waals surface area contributed by atoms with Crippen molar-refractivity contribution in [2.24, 2.45) is 0 Å². The topological polar surface area (TPSA) is 188 Å². The molecular weight excluding hydrogens is 568 g/mol. The number of amides is 6. The molecule has 1 aromatic rings. The zero-order valence-electron chi connectivity index (χ0n) is 24.3. The van der Waals surface area contributed by atoms with Crippen LogP contribution in [-0.2, 0) is 38.1 Å². The van der Waals surface area contributed by atoms with Crippen LogP contribution in [0, 0.1) is 0 Å². The van der Waals surface area contributed by atoms with E-state index in [1.54, 1.807) is 0 Å². The summed E-state index contributed by atoms with van der Waals surface area (Å²) in [7, 11) is 0. The molecular formula is C28H38N4O11. The van der Waals surface area contributed by atoms with Gasteiger partial charge in [-0.1, -0.05) is 6.07 Å². The highest BCUT2D eigenvalue weighted by Crippen LogP contribution is 2.33. The summed E-state index contributed by atoms with van der Waals surface area (Å²) in [6.07, 6.45) is 0.0448. The summed E-state index contributed by atoms with van der Waals surface area (Å²) in [6, 6.07) is 3.32. The predicted molar refractivity (Wildman–Crippen MR) is 148 cm³/mol. The molecule has 0 bridgehead atoms. The van der Waals surface area contributed by atoms with Crippen molar-refractivity contribution >= 4 is 35.4 Å². The first kappa shape index (κ1) is 33.6. The van der Waals surface area contributed by atoms with Crippen LogP contribution in [0.1, 0.15) is 47.4 Å². The van der Waals surface area contributed by atoms with Crippen LogP contribution in [0.15, 0.2) is 18.2 Å². The zero-order valence-corrected chi connectivity index (χ0v) is 24.3. The minimum Gasteiger partial charge on any atom is -0.483 e. The van der Waals surface area contributed by atoms with Crippen molar-refractivity contribution in [2.75, 3.05) is 65.9 Å². The van der Waals surface area contributed by atoms with Crippen LogP contribution in [0.25, 0.3) is 0 Å². The number of ether oxygens (including phenoxy) is 5. The third kappa shape index (κ3) is 10.4. The van der Waals surface area contributed by atoms with Crippen LogP contribution in [0.3, 0.4) is 0 Å². The molecule has 43 heavy (non-hydrogen) atoms. The molecule has 2 heterocycles. The normalized spacial score (nSPS) is 16.3. The Labute approximate surface area is 248 Å². The van der Waals surface area contributed by atoms with Gasteiger partial charge in [-0.2, -0.15) is 0 Å². The van der Waals surface area contributed by atoms with Crippen LogP contribution in [0.5, 0.6) is 5.75 Å². The van der Waals surface area contributed by atoms with Gasteiger partial charge in [0.25, 0.3) is 17.7 Å². The molecule has 1 saturated heterocycles. The number of hydrogen-bond acceptors (Lipinski definition) is 11. The van der Waals surface area contributed by atoms with Crippen LogP contribution in [0.2, 0.25) is 0 Å². The molecule has 1 unspecified atom stereocenters. The Balaban J connectivity index is 1.24. The number of nitrogens with one attached hydrogen (secondary N) is 3. The van der Waals surface area contributed by atoms with Gasteiger partial charge in [0.15, 0.2) is 6.61 Å². The maximum absolute atomic E-state index is 13.1. The summed E-state index contributed by atoms with van der Waals surface area (Å²) in [5.74, 6) is -3.16.